The average molecular weight is 408 g/mol. The van der Waals surface area contributed by atoms with Gasteiger partial charge < -0.3 is 9.30 Å². The Balaban J connectivity index is 2.61. The lowest BCUT2D eigenvalue weighted by molar-refractivity contribution is 0.0597. The number of hydrogen-bond acceptors (Lipinski definition) is 5. The molecule has 0 aliphatic carbocycles. The maximum atomic E-state index is 12.7. The Bertz CT molecular complexity index is 854. The molecule has 0 aliphatic rings. The monoisotopic (exact) mass is 407 g/mol. The van der Waals surface area contributed by atoms with Crippen molar-refractivity contribution >= 4 is 39.8 Å². The predicted molar refractivity (Wildman–Crippen MR) is 97.4 cm³/mol. The highest BCUT2D eigenvalue weighted by molar-refractivity contribution is 9.10. The number of amides is 1. The second kappa shape index (κ2) is 7.18. The first-order valence-electron chi connectivity index (χ1n) is 7.43. The number of anilines is 2. The smallest absolute Gasteiger partial charge is 0.420 e. The number of aldehydes is 1. The van der Waals surface area contributed by atoms with Gasteiger partial charge in [-0.05, 0) is 54.9 Å². The van der Waals surface area contributed by atoms with Crippen molar-refractivity contribution in [3.63, 3.8) is 0 Å². The molecule has 0 radical (unpaired) electrons. The molecular formula is C17H18BrN3O4. The summed E-state index contributed by atoms with van der Waals surface area (Å²) >= 11 is 3.32. The van der Waals surface area contributed by atoms with Crippen molar-refractivity contribution in [3.05, 3.63) is 51.0 Å². The molecule has 2 aromatic heterocycles. The molecule has 8 heteroatoms. The van der Waals surface area contributed by atoms with E-state index >= 15 is 0 Å². The van der Waals surface area contributed by atoms with Crippen LogP contribution in [0.1, 0.15) is 31.1 Å². The van der Waals surface area contributed by atoms with Crippen LogP contribution in [-0.4, -0.2) is 27.5 Å². The highest BCUT2D eigenvalue weighted by Gasteiger charge is 2.28. The molecule has 0 aliphatic heterocycles. The van der Waals surface area contributed by atoms with Gasteiger partial charge in [0.2, 0.25) is 0 Å². The summed E-state index contributed by atoms with van der Waals surface area (Å²) in [5.41, 5.74) is -0.710. The van der Waals surface area contributed by atoms with Crippen molar-refractivity contribution < 1.29 is 14.3 Å². The van der Waals surface area contributed by atoms with Crippen LogP contribution in [0.3, 0.4) is 0 Å². The van der Waals surface area contributed by atoms with E-state index in [1.54, 1.807) is 34.0 Å². The van der Waals surface area contributed by atoms with Crippen LogP contribution in [-0.2, 0) is 11.8 Å². The third-order valence-electron chi connectivity index (χ3n) is 3.08. The summed E-state index contributed by atoms with van der Waals surface area (Å²) in [5.74, 6) is 0.176. The van der Waals surface area contributed by atoms with Crippen molar-refractivity contribution in [2.75, 3.05) is 4.90 Å². The molecule has 1 amide bonds. The third kappa shape index (κ3) is 4.54. The molecule has 0 aromatic carbocycles. The molecule has 0 saturated carbocycles. The average Bonchev–Trinajstić information content (AvgIpc) is 2.51. The fourth-order valence-electron chi connectivity index (χ4n) is 2.04. The molecular weight excluding hydrogens is 390 g/mol. The van der Waals surface area contributed by atoms with Crippen LogP contribution in [0.2, 0.25) is 0 Å². The van der Waals surface area contributed by atoms with E-state index in [4.69, 9.17) is 4.74 Å². The lowest BCUT2D eigenvalue weighted by Gasteiger charge is -2.26. The minimum Gasteiger partial charge on any atom is -0.443 e. The number of pyridine rings is 2. The number of aryl methyl sites for hydroxylation is 1. The second-order valence-electron chi connectivity index (χ2n) is 6.34. The molecule has 0 bridgehead atoms. The predicted octanol–water partition coefficient (Wildman–Crippen LogP) is 3.43. The number of carbonyl (C=O) groups excluding carboxylic acids is 2. The second-order valence-corrected chi connectivity index (χ2v) is 7.26. The molecule has 0 unspecified atom stereocenters. The zero-order valence-electron chi connectivity index (χ0n) is 14.3. The van der Waals surface area contributed by atoms with Crippen molar-refractivity contribution in [1.82, 2.24) is 9.55 Å². The Morgan fingerprint density at radius 2 is 2.04 bits per heavy atom. The minimum absolute atomic E-state index is 0.0810. The van der Waals surface area contributed by atoms with Crippen LogP contribution < -0.4 is 10.5 Å². The Morgan fingerprint density at radius 1 is 1.36 bits per heavy atom. The summed E-state index contributed by atoms with van der Waals surface area (Å²) in [6, 6.07) is 4.50. The summed E-state index contributed by atoms with van der Waals surface area (Å²) in [5, 5.41) is 0. The quantitative estimate of drug-likeness (QED) is 0.727. The molecule has 0 atom stereocenters. The van der Waals surface area contributed by atoms with Gasteiger partial charge in [-0.3, -0.25) is 9.59 Å². The van der Waals surface area contributed by atoms with E-state index in [1.165, 1.54) is 29.0 Å². The fraction of sp³-hybridized carbons (Fsp3) is 0.294. The number of hydrogen-bond donors (Lipinski definition) is 0. The largest absolute Gasteiger partial charge is 0.443 e. The molecule has 0 saturated heterocycles. The van der Waals surface area contributed by atoms with Gasteiger partial charge in [-0.2, -0.15) is 0 Å². The van der Waals surface area contributed by atoms with Gasteiger partial charge in [0.15, 0.2) is 6.29 Å². The number of halogens is 1. The zero-order chi connectivity index (χ0) is 18.8. The molecule has 0 spiro atoms. The molecule has 2 heterocycles. The summed E-state index contributed by atoms with van der Waals surface area (Å²) < 4.78 is 7.37. The van der Waals surface area contributed by atoms with Crippen LogP contribution >= 0.6 is 15.9 Å². The Kier molecular flexibility index (Phi) is 5.42. The first-order chi connectivity index (χ1) is 11.6. The van der Waals surface area contributed by atoms with Gasteiger partial charge >= 0.3 is 6.09 Å². The van der Waals surface area contributed by atoms with Crippen LogP contribution in [0.5, 0.6) is 0 Å². The highest BCUT2D eigenvalue weighted by atomic mass is 79.9. The Hall–Kier alpha value is -2.48. The van der Waals surface area contributed by atoms with E-state index in [9.17, 15) is 14.4 Å². The molecule has 0 fully saturated rings. The first-order valence-corrected chi connectivity index (χ1v) is 8.22. The standard InChI is InChI=1S/C17H18BrN3O4/c1-17(2,3)25-16(24)21(14-6-5-11(10-22)8-19-14)13-7-12(18)9-20(4)15(13)23/h5-10H,1-4H3. The van der Waals surface area contributed by atoms with Gasteiger partial charge in [0.05, 0.1) is 0 Å². The van der Waals surface area contributed by atoms with Crippen molar-refractivity contribution in [2.24, 2.45) is 7.05 Å². The summed E-state index contributed by atoms with van der Waals surface area (Å²) in [4.78, 5) is 41.3. The molecule has 132 valence electrons. The van der Waals surface area contributed by atoms with E-state index in [-0.39, 0.29) is 11.5 Å². The maximum absolute atomic E-state index is 12.7. The van der Waals surface area contributed by atoms with Gasteiger partial charge in [0.1, 0.15) is 17.1 Å². The third-order valence-corrected chi connectivity index (χ3v) is 3.52. The number of rotatable bonds is 3. The summed E-state index contributed by atoms with van der Waals surface area (Å²) in [7, 11) is 1.58. The number of aromatic nitrogens is 2. The van der Waals surface area contributed by atoms with Crippen molar-refractivity contribution in [2.45, 2.75) is 26.4 Å². The van der Waals surface area contributed by atoms with Gasteiger partial charge in [-0.1, -0.05) is 0 Å². The molecule has 0 N–H and O–H groups in total. The van der Waals surface area contributed by atoms with E-state index in [2.05, 4.69) is 20.9 Å². The molecule has 2 rings (SSSR count). The first kappa shape index (κ1) is 18.9. The highest BCUT2D eigenvalue weighted by Crippen LogP contribution is 2.25. The fourth-order valence-corrected chi connectivity index (χ4v) is 2.56. The van der Waals surface area contributed by atoms with E-state index in [0.29, 0.717) is 16.3 Å². The molecule has 2 aromatic rings. The summed E-state index contributed by atoms with van der Waals surface area (Å²) in [6.45, 7) is 5.18. The van der Waals surface area contributed by atoms with E-state index in [1.807, 2.05) is 0 Å². The van der Waals surface area contributed by atoms with Crippen LogP contribution in [0.15, 0.2) is 39.9 Å². The SMILES string of the molecule is Cn1cc(Br)cc(N(C(=O)OC(C)(C)C)c2ccc(C=O)cn2)c1=O. The summed E-state index contributed by atoms with van der Waals surface area (Å²) in [6.07, 6.45) is 2.81. The van der Waals surface area contributed by atoms with Crippen molar-refractivity contribution in [1.29, 1.82) is 0 Å². The van der Waals surface area contributed by atoms with Crippen LogP contribution in [0, 0.1) is 0 Å². The van der Waals surface area contributed by atoms with E-state index < -0.39 is 17.3 Å². The number of carbonyl (C=O) groups is 2. The van der Waals surface area contributed by atoms with Crippen molar-refractivity contribution in [3.8, 4) is 0 Å². The topological polar surface area (TPSA) is 81.5 Å². The van der Waals surface area contributed by atoms with E-state index in [0.717, 1.165) is 4.90 Å². The number of nitrogens with zero attached hydrogens (tertiary/aromatic N) is 3. The molecule has 25 heavy (non-hydrogen) atoms. The van der Waals surface area contributed by atoms with Crippen LogP contribution in [0.4, 0.5) is 16.3 Å². The maximum Gasteiger partial charge on any atom is 0.420 e. The lowest BCUT2D eigenvalue weighted by Crippen LogP contribution is -2.37. The van der Waals surface area contributed by atoms with Gasteiger partial charge in [-0.15, -0.1) is 0 Å². The zero-order valence-corrected chi connectivity index (χ0v) is 15.9. The van der Waals surface area contributed by atoms with Gasteiger partial charge in [0, 0.05) is 29.5 Å². The minimum atomic E-state index is -0.755. The Morgan fingerprint density at radius 3 is 2.56 bits per heavy atom. The Labute approximate surface area is 153 Å². The number of ether oxygens (including phenoxy) is 1. The van der Waals surface area contributed by atoms with Gasteiger partial charge in [-0.25, -0.2) is 14.7 Å². The van der Waals surface area contributed by atoms with Crippen LogP contribution in [0.25, 0.3) is 0 Å². The normalized spacial score (nSPS) is 11.1. The van der Waals surface area contributed by atoms with Gasteiger partial charge in [0.25, 0.3) is 5.56 Å². The lowest BCUT2D eigenvalue weighted by atomic mass is 10.2. The molecule has 7 nitrogen and oxygen atoms in total.